The molecular weight excluding hydrogens is 386 g/mol. The minimum absolute atomic E-state index is 0.692. The van der Waals surface area contributed by atoms with Gasteiger partial charge in [0.2, 0.25) is 0 Å². The number of nitrogens with zero attached hydrogens (tertiary/aromatic N) is 5. The molecule has 2 N–H and O–H groups in total. The molecule has 0 saturated heterocycles. The van der Waals surface area contributed by atoms with E-state index in [1.54, 1.807) is 4.68 Å². The normalized spacial score (nSPS) is 11.5. The van der Waals surface area contributed by atoms with E-state index in [1.165, 1.54) is 5.56 Å². The first-order valence-corrected chi connectivity index (χ1v) is 10.1. The molecular formula is C24H19N7. The molecule has 0 aliphatic rings. The molecule has 0 fully saturated rings. The van der Waals surface area contributed by atoms with E-state index < -0.39 is 0 Å². The highest BCUT2D eigenvalue weighted by atomic mass is 15.2. The van der Waals surface area contributed by atoms with Crippen molar-refractivity contribution in [3.8, 4) is 33.9 Å². The Morgan fingerprint density at radius 1 is 0.871 bits per heavy atom. The molecule has 0 aliphatic carbocycles. The first kappa shape index (κ1) is 17.6. The second-order valence-electron chi connectivity index (χ2n) is 7.72. The number of hydrogen-bond donors (Lipinski definition) is 2. The van der Waals surface area contributed by atoms with Crippen molar-refractivity contribution in [2.24, 2.45) is 7.05 Å². The Kier molecular flexibility index (Phi) is 3.76. The fourth-order valence-electron chi connectivity index (χ4n) is 3.97. The number of H-pyrrole nitrogens is 2. The molecule has 7 heteroatoms. The van der Waals surface area contributed by atoms with Gasteiger partial charge in [-0.3, -0.25) is 9.78 Å². The molecule has 2 aromatic carbocycles. The van der Waals surface area contributed by atoms with Gasteiger partial charge in [0.15, 0.2) is 11.5 Å². The summed E-state index contributed by atoms with van der Waals surface area (Å²) in [5.41, 5.74) is 9.49. The minimum atomic E-state index is 0.692. The van der Waals surface area contributed by atoms with Gasteiger partial charge in [-0.1, -0.05) is 42.0 Å². The van der Waals surface area contributed by atoms with E-state index in [-0.39, 0.29) is 0 Å². The SMILES string of the molecule is Cc1cccc(-c2cccc3[nH]c(-c4n[nH]c5ccc(-c6cnn(C)c6)nc45)nc23)c1. The highest BCUT2D eigenvalue weighted by Gasteiger charge is 2.17. The summed E-state index contributed by atoms with van der Waals surface area (Å²) < 4.78 is 1.77. The second-order valence-corrected chi connectivity index (χ2v) is 7.72. The van der Waals surface area contributed by atoms with E-state index in [9.17, 15) is 0 Å². The minimum Gasteiger partial charge on any atom is -0.336 e. The zero-order valence-corrected chi connectivity index (χ0v) is 17.1. The van der Waals surface area contributed by atoms with Crippen molar-refractivity contribution < 1.29 is 0 Å². The van der Waals surface area contributed by atoms with E-state index in [4.69, 9.17) is 9.97 Å². The highest BCUT2D eigenvalue weighted by molar-refractivity contribution is 5.96. The molecule has 6 rings (SSSR count). The van der Waals surface area contributed by atoms with E-state index in [0.717, 1.165) is 44.5 Å². The Morgan fingerprint density at radius 2 is 1.77 bits per heavy atom. The molecule has 0 radical (unpaired) electrons. The molecule has 4 heterocycles. The van der Waals surface area contributed by atoms with Crippen molar-refractivity contribution in [1.82, 2.24) is 34.9 Å². The number of imidazole rings is 1. The number of rotatable bonds is 3. The average molecular weight is 405 g/mol. The number of nitrogens with one attached hydrogen (secondary N) is 2. The zero-order chi connectivity index (χ0) is 20.9. The number of pyridine rings is 1. The van der Waals surface area contributed by atoms with Crippen LogP contribution in [0.4, 0.5) is 0 Å². The van der Waals surface area contributed by atoms with Crippen LogP contribution in [0.5, 0.6) is 0 Å². The smallest absolute Gasteiger partial charge is 0.161 e. The topological polar surface area (TPSA) is 88.1 Å². The summed E-state index contributed by atoms with van der Waals surface area (Å²) in [6.45, 7) is 2.10. The summed E-state index contributed by atoms with van der Waals surface area (Å²) >= 11 is 0. The van der Waals surface area contributed by atoms with Gasteiger partial charge in [-0.05, 0) is 30.7 Å². The molecule has 7 nitrogen and oxygen atoms in total. The van der Waals surface area contributed by atoms with Crippen LogP contribution in [0, 0.1) is 6.92 Å². The third-order valence-corrected chi connectivity index (χ3v) is 5.47. The molecule has 0 bridgehead atoms. The summed E-state index contributed by atoms with van der Waals surface area (Å²) in [6.07, 6.45) is 3.76. The van der Waals surface area contributed by atoms with Gasteiger partial charge < -0.3 is 4.98 Å². The van der Waals surface area contributed by atoms with Crippen molar-refractivity contribution in [3.05, 3.63) is 72.6 Å². The number of aryl methyl sites for hydroxylation is 2. The van der Waals surface area contributed by atoms with E-state index in [1.807, 2.05) is 43.7 Å². The van der Waals surface area contributed by atoms with Crippen LogP contribution in [-0.2, 0) is 7.05 Å². The Balaban J connectivity index is 1.51. The quantitative estimate of drug-likeness (QED) is 0.439. The summed E-state index contributed by atoms with van der Waals surface area (Å²) in [6, 6.07) is 18.6. The lowest BCUT2D eigenvalue weighted by molar-refractivity contribution is 0.768. The number of hydrogen-bond acceptors (Lipinski definition) is 4. The maximum atomic E-state index is 4.92. The molecule has 6 aromatic rings. The molecule has 0 spiro atoms. The van der Waals surface area contributed by atoms with Gasteiger partial charge in [-0.2, -0.15) is 10.2 Å². The monoisotopic (exact) mass is 405 g/mol. The van der Waals surface area contributed by atoms with Gasteiger partial charge in [0.25, 0.3) is 0 Å². The van der Waals surface area contributed by atoms with Crippen LogP contribution in [0.25, 0.3) is 56.0 Å². The maximum absolute atomic E-state index is 4.92. The van der Waals surface area contributed by atoms with Gasteiger partial charge in [-0.15, -0.1) is 0 Å². The molecule has 150 valence electrons. The van der Waals surface area contributed by atoms with Crippen LogP contribution >= 0.6 is 0 Å². The van der Waals surface area contributed by atoms with Gasteiger partial charge in [0.05, 0.1) is 28.4 Å². The van der Waals surface area contributed by atoms with Crippen LogP contribution in [0.1, 0.15) is 5.56 Å². The van der Waals surface area contributed by atoms with Gasteiger partial charge in [0, 0.05) is 24.4 Å². The van der Waals surface area contributed by atoms with Crippen molar-refractivity contribution in [3.63, 3.8) is 0 Å². The predicted octanol–water partition coefficient (Wildman–Crippen LogP) is 4.88. The van der Waals surface area contributed by atoms with E-state index in [0.29, 0.717) is 11.5 Å². The zero-order valence-electron chi connectivity index (χ0n) is 17.1. The van der Waals surface area contributed by atoms with Crippen LogP contribution in [-0.4, -0.2) is 34.9 Å². The third kappa shape index (κ3) is 2.90. The summed E-state index contributed by atoms with van der Waals surface area (Å²) in [7, 11) is 1.89. The number of para-hydroxylation sites is 1. The number of aromatic nitrogens is 7. The Bertz CT molecular complexity index is 1570. The lowest BCUT2D eigenvalue weighted by atomic mass is 10.0. The van der Waals surface area contributed by atoms with E-state index in [2.05, 4.69) is 57.5 Å². The highest BCUT2D eigenvalue weighted by Crippen LogP contribution is 2.32. The second kappa shape index (κ2) is 6.63. The molecule has 0 amide bonds. The van der Waals surface area contributed by atoms with Crippen molar-refractivity contribution in [1.29, 1.82) is 0 Å². The van der Waals surface area contributed by atoms with Crippen molar-refractivity contribution >= 4 is 22.1 Å². The maximum Gasteiger partial charge on any atom is 0.161 e. The fourth-order valence-corrected chi connectivity index (χ4v) is 3.97. The summed E-state index contributed by atoms with van der Waals surface area (Å²) in [5, 5.41) is 11.8. The van der Waals surface area contributed by atoms with Gasteiger partial charge in [0.1, 0.15) is 5.52 Å². The molecule has 4 aromatic heterocycles. The van der Waals surface area contributed by atoms with Gasteiger partial charge >= 0.3 is 0 Å². The van der Waals surface area contributed by atoms with Gasteiger partial charge in [-0.25, -0.2) is 9.97 Å². The van der Waals surface area contributed by atoms with Crippen LogP contribution < -0.4 is 0 Å². The Morgan fingerprint density at radius 3 is 2.61 bits per heavy atom. The standard InChI is InChI=1S/C24H19N7/c1-14-5-3-6-15(11-14)17-7-4-8-19-21(17)28-24(27-19)23-22-20(29-30-23)10-9-18(26-22)16-12-25-31(2)13-16/h3-13H,1-2H3,(H,27,28)(H,29,30). The Hall–Kier alpha value is -4.26. The Labute approximate surface area is 177 Å². The van der Waals surface area contributed by atoms with E-state index >= 15 is 0 Å². The lowest BCUT2D eigenvalue weighted by Crippen LogP contribution is -1.87. The first-order valence-electron chi connectivity index (χ1n) is 10.1. The lowest BCUT2D eigenvalue weighted by Gasteiger charge is -2.03. The number of benzene rings is 2. The van der Waals surface area contributed by atoms with Crippen molar-refractivity contribution in [2.45, 2.75) is 6.92 Å². The predicted molar refractivity (Wildman–Crippen MR) is 121 cm³/mol. The van der Waals surface area contributed by atoms with Crippen molar-refractivity contribution in [2.75, 3.05) is 0 Å². The largest absolute Gasteiger partial charge is 0.336 e. The molecule has 0 saturated carbocycles. The summed E-state index contributed by atoms with van der Waals surface area (Å²) in [4.78, 5) is 13.2. The molecule has 0 unspecified atom stereocenters. The number of aromatic amines is 2. The summed E-state index contributed by atoms with van der Waals surface area (Å²) in [5.74, 6) is 0.692. The molecule has 0 atom stereocenters. The van der Waals surface area contributed by atoms with Crippen LogP contribution in [0.3, 0.4) is 0 Å². The average Bonchev–Trinajstić information content (AvgIpc) is 3.50. The first-order chi connectivity index (χ1) is 15.2. The number of fused-ring (bicyclic) bond motifs is 2. The molecule has 0 aliphatic heterocycles. The fraction of sp³-hybridized carbons (Fsp3) is 0.0833. The molecule has 31 heavy (non-hydrogen) atoms. The third-order valence-electron chi connectivity index (χ3n) is 5.47. The van der Waals surface area contributed by atoms with Crippen LogP contribution in [0.2, 0.25) is 0 Å². The van der Waals surface area contributed by atoms with Crippen LogP contribution in [0.15, 0.2) is 67.0 Å².